The molecule has 0 aromatic heterocycles. The van der Waals surface area contributed by atoms with Crippen LogP contribution < -0.4 is 0 Å². The average Bonchev–Trinajstić information content (AvgIpc) is 3.26. The molecule has 8 nitrogen and oxygen atoms in total. The number of piperidine rings is 2. The Balaban J connectivity index is 0.000000517. The Morgan fingerprint density at radius 3 is 2.07 bits per heavy atom. The lowest BCUT2D eigenvalue weighted by molar-refractivity contribution is -0.192. The van der Waals surface area contributed by atoms with Crippen LogP contribution in [0.1, 0.15) is 52.7 Å². The zero-order valence-electron chi connectivity index (χ0n) is 24.0. The highest BCUT2D eigenvalue weighted by Gasteiger charge is 2.47. The van der Waals surface area contributed by atoms with Crippen LogP contribution in [0.3, 0.4) is 0 Å². The number of likely N-dealkylation sites (tertiary alicyclic amines) is 2. The summed E-state index contributed by atoms with van der Waals surface area (Å²) in [6.07, 6.45) is -0.589. The number of benzene rings is 2. The SMILES string of the molecule is Cc1cccc(C)c1C(=O)N1CCC(N2CCC3(CC2)CN(CCc2ccccc2)C(=O)O3)CC1.O=C(O)C(F)(F)F. The predicted molar refractivity (Wildman–Crippen MR) is 150 cm³/mol. The fourth-order valence-electron chi connectivity index (χ4n) is 6.07. The van der Waals surface area contributed by atoms with Gasteiger partial charge >= 0.3 is 18.2 Å². The summed E-state index contributed by atoms with van der Waals surface area (Å²) in [4.78, 5) is 41.1. The molecule has 0 bridgehead atoms. The second kappa shape index (κ2) is 13.1. The summed E-state index contributed by atoms with van der Waals surface area (Å²) in [5.41, 5.74) is 3.90. The van der Waals surface area contributed by atoms with Gasteiger partial charge in [0.2, 0.25) is 0 Å². The van der Waals surface area contributed by atoms with E-state index in [2.05, 4.69) is 17.0 Å². The fourth-order valence-corrected chi connectivity index (χ4v) is 6.07. The van der Waals surface area contributed by atoms with Crippen LogP contribution in [0.5, 0.6) is 0 Å². The fraction of sp³-hybridized carbons (Fsp3) is 0.516. The van der Waals surface area contributed by atoms with Crippen molar-refractivity contribution in [3.63, 3.8) is 0 Å². The molecule has 3 heterocycles. The highest BCUT2D eigenvalue weighted by molar-refractivity contribution is 5.97. The van der Waals surface area contributed by atoms with Gasteiger partial charge in [0.1, 0.15) is 5.60 Å². The number of aryl methyl sites for hydroxylation is 2. The summed E-state index contributed by atoms with van der Waals surface area (Å²) in [6.45, 7) is 8.98. The Hall–Kier alpha value is -3.60. The van der Waals surface area contributed by atoms with E-state index in [4.69, 9.17) is 14.6 Å². The average molecular weight is 590 g/mol. The van der Waals surface area contributed by atoms with Crippen molar-refractivity contribution >= 4 is 18.0 Å². The van der Waals surface area contributed by atoms with Gasteiger partial charge in [-0.05, 0) is 49.8 Å². The van der Waals surface area contributed by atoms with Gasteiger partial charge < -0.3 is 19.6 Å². The molecular weight excluding hydrogens is 551 g/mol. The number of nitrogens with zero attached hydrogens (tertiary/aromatic N) is 3. The van der Waals surface area contributed by atoms with Crippen LogP contribution in [-0.4, -0.2) is 94.9 Å². The molecule has 2 amide bonds. The topological polar surface area (TPSA) is 90.4 Å². The second-order valence-electron chi connectivity index (χ2n) is 11.3. The lowest BCUT2D eigenvalue weighted by atomic mass is 9.89. The van der Waals surface area contributed by atoms with Crippen LogP contribution in [0, 0.1) is 13.8 Å². The van der Waals surface area contributed by atoms with Crippen LogP contribution in [-0.2, 0) is 16.0 Å². The molecule has 2 aromatic carbocycles. The molecule has 3 aliphatic rings. The van der Waals surface area contributed by atoms with Gasteiger partial charge in [0.25, 0.3) is 5.91 Å². The van der Waals surface area contributed by atoms with Crippen molar-refractivity contribution < 1.29 is 37.4 Å². The van der Waals surface area contributed by atoms with Gasteiger partial charge in [-0.15, -0.1) is 0 Å². The van der Waals surface area contributed by atoms with Crippen molar-refractivity contribution in [1.82, 2.24) is 14.7 Å². The molecule has 3 saturated heterocycles. The molecule has 3 aliphatic heterocycles. The van der Waals surface area contributed by atoms with Crippen LogP contribution >= 0.6 is 0 Å². The van der Waals surface area contributed by atoms with Gasteiger partial charge in [-0.3, -0.25) is 9.69 Å². The number of ether oxygens (including phenoxy) is 1. The van der Waals surface area contributed by atoms with Crippen molar-refractivity contribution in [2.45, 2.75) is 63.8 Å². The third-order valence-corrected chi connectivity index (χ3v) is 8.47. The normalized spacial score (nSPS) is 19.3. The molecule has 0 aliphatic carbocycles. The minimum Gasteiger partial charge on any atom is -0.475 e. The first-order valence-corrected chi connectivity index (χ1v) is 14.3. The van der Waals surface area contributed by atoms with Gasteiger partial charge in [-0.2, -0.15) is 13.2 Å². The summed E-state index contributed by atoms with van der Waals surface area (Å²) in [6, 6.07) is 16.9. The quantitative estimate of drug-likeness (QED) is 0.524. The van der Waals surface area contributed by atoms with Crippen molar-refractivity contribution in [3.05, 3.63) is 70.8 Å². The Kier molecular flexibility index (Phi) is 9.81. The molecule has 3 fully saturated rings. The van der Waals surface area contributed by atoms with Gasteiger partial charge in [-0.25, -0.2) is 9.59 Å². The van der Waals surface area contributed by atoms with Crippen molar-refractivity contribution in [2.24, 2.45) is 0 Å². The van der Waals surface area contributed by atoms with E-state index in [9.17, 15) is 22.8 Å². The van der Waals surface area contributed by atoms with Gasteiger partial charge in [-0.1, -0.05) is 48.5 Å². The zero-order valence-corrected chi connectivity index (χ0v) is 24.0. The molecule has 11 heteroatoms. The van der Waals surface area contributed by atoms with Gasteiger partial charge in [0.15, 0.2) is 0 Å². The predicted octanol–water partition coefficient (Wildman–Crippen LogP) is 5.07. The zero-order chi connectivity index (χ0) is 30.5. The van der Waals surface area contributed by atoms with E-state index < -0.39 is 12.1 Å². The molecule has 228 valence electrons. The second-order valence-corrected chi connectivity index (χ2v) is 11.3. The number of halogens is 3. The number of carbonyl (C=O) groups excluding carboxylic acids is 2. The lowest BCUT2D eigenvalue weighted by Crippen LogP contribution is -2.53. The molecule has 0 unspecified atom stereocenters. The summed E-state index contributed by atoms with van der Waals surface area (Å²) in [7, 11) is 0. The molecule has 1 spiro atoms. The minimum atomic E-state index is -5.08. The number of rotatable bonds is 5. The van der Waals surface area contributed by atoms with E-state index in [1.54, 1.807) is 0 Å². The van der Waals surface area contributed by atoms with Crippen molar-refractivity contribution in [2.75, 3.05) is 39.3 Å². The number of hydrogen-bond donors (Lipinski definition) is 1. The third-order valence-electron chi connectivity index (χ3n) is 8.47. The number of carbonyl (C=O) groups is 3. The summed E-state index contributed by atoms with van der Waals surface area (Å²) < 4.78 is 37.7. The number of hydrogen-bond acceptors (Lipinski definition) is 5. The van der Waals surface area contributed by atoms with E-state index in [1.165, 1.54) is 5.56 Å². The highest BCUT2D eigenvalue weighted by Crippen LogP contribution is 2.35. The summed E-state index contributed by atoms with van der Waals surface area (Å²) in [5.74, 6) is -2.59. The van der Waals surface area contributed by atoms with Crippen molar-refractivity contribution in [3.8, 4) is 0 Å². The summed E-state index contributed by atoms with van der Waals surface area (Å²) in [5, 5.41) is 7.12. The first kappa shape index (κ1) is 31.3. The lowest BCUT2D eigenvalue weighted by Gasteiger charge is -2.44. The third kappa shape index (κ3) is 7.61. The molecular formula is C31H38F3N3O5. The van der Waals surface area contributed by atoms with E-state index >= 15 is 0 Å². The van der Waals surface area contributed by atoms with E-state index in [-0.39, 0.29) is 17.6 Å². The number of carboxylic acid groups (broad SMARTS) is 1. The maximum Gasteiger partial charge on any atom is 0.490 e. The molecule has 1 N–H and O–H groups in total. The van der Waals surface area contributed by atoms with Gasteiger partial charge in [0.05, 0.1) is 6.54 Å². The first-order valence-electron chi connectivity index (χ1n) is 14.3. The standard InChI is InChI=1S/C29H37N3O3.C2HF3O2/c1-22-7-6-8-23(2)26(22)27(33)31-17-12-25(13-18-31)30-19-14-29(15-20-30)21-32(28(34)35-29)16-11-24-9-4-3-5-10-24;3-2(4,5)1(6)7/h3-10,25H,11-21H2,1-2H3;(H,6,7). The van der Waals surface area contributed by atoms with Gasteiger partial charge in [0, 0.05) is 57.2 Å². The Bertz CT molecular complexity index is 1230. The number of carboxylic acids is 1. The van der Waals surface area contributed by atoms with E-state index in [0.717, 1.165) is 75.0 Å². The minimum absolute atomic E-state index is 0.160. The summed E-state index contributed by atoms with van der Waals surface area (Å²) >= 11 is 0. The van der Waals surface area contributed by atoms with E-state index in [0.29, 0.717) is 19.1 Å². The Labute approximate surface area is 244 Å². The number of alkyl halides is 3. The maximum absolute atomic E-state index is 13.2. The van der Waals surface area contributed by atoms with E-state index in [1.807, 2.05) is 60.0 Å². The van der Waals surface area contributed by atoms with Crippen LogP contribution in [0.2, 0.25) is 0 Å². The molecule has 0 atom stereocenters. The van der Waals surface area contributed by atoms with Crippen LogP contribution in [0.15, 0.2) is 48.5 Å². The molecule has 5 rings (SSSR count). The molecule has 0 saturated carbocycles. The number of amides is 2. The smallest absolute Gasteiger partial charge is 0.475 e. The largest absolute Gasteiger partial charge is 0.490 e. The van der Waals surface area contributed by atoms with Crippen LogP contribution in [0.25, 0.3) is 0 Å². The van der Waals surface area contributed by atoms with Crippen LogP contribution in [0.4, 0.5) is 18.0 Å². The molecule has 42 heavy (non-hydrogen) atoms. The molecule has 2 aromatic rings. The Morgan fingerprint density at radius 1 is 0.952 bits per heavy atom. The number of aliphatic carboxylic acids is 1. The molecule has 0 radical (unpaired) electrons. The monoisotopic (exact) mass is 589 g/mol. The highest BCUT2D eigenvalue weighted by atomic mass is 19.4. The maximum atomic E-state index is 13.2. The Morgan fingerprint density at radius 2 is 1.52 bits per heavy atom. The first-order chi connectivity index (χ1) is 19.9. The van der Waals surface area contributed by atoms with Crippen molar-refractivity contribution in [1.29, 1.82) is 0 Å².